The first-order valence-corrected chi connectivity index (χ1v) is 12.6. The van der Waals surface area contributed by atoms with Gasteiger partial charge in [0, 0.05) is 16.3 Å². The lowest BCUT2D eigenvalue weighted by molar-refractivity contribution is 0.0940. The first kappa shape index (κ1) is 24.1. The van der Waals surface area contributed by atoms with Gasteiger partial charge in [-0.1, -0.05) is 23.2 Å². The average Bonchev–Trinajstić information content (AvgIpc) is 3.67. The van der Waals surface area contributed by atoms with Crippen molar-refractivity contribution in [1.29, 1.82) is 0 Å². The van der Waals surface area contributed by atoms with Gasteiger partial charge in [-0.3, -0.25) is 19.0 Å². The summed E-state index contributed by atoms with van der Waals surface area (Å²) in [7, 11) is 0. The molecule has 5 rings (SSSR count). The molecule has 5 heterocycles. The zero-order chi connectivity index (χ0) is 25.2. The minimum absolute atomic E-state index is 0.0421. The number of ketones is 1. The molecule has 1 N–H and O–H groups in total. The third-order valence-corrected chi connectivity index (χ3v) is 7.18. The van der Waals surface area contributed by atoms with Gasteiger partial charge in [-0.25, -0.2) is 9.36 Å². The summed E-state index contributed by atoms with van der Waals surface area (Å²) in [5, 5.41) is 9.15. The number of thiophene rings is 1. The Kier molecular flexibility index (Phi) is 6.83. The number of aromatic nitrogens is 5. The second-order valence-corrected chi connectivity index (χ2v) is 10.2. The van der Waals surface area contributed by atoms with Crippen LogP contribution in [-0.2, 0) is 13.1 Å². The van der Waals surface area contributed by atoms with Crippen molar-refractivity contribution in [1.82, 2.24) is 23.7 Å². The number of rotatable bonds is 8. The Labute approximate surface area is 220 Å². The number of hydrogen-bond donors (Lipinski definition) is 1. The highest BCUT2D eigenvalue weighted by Crippen LogP contribution is 2.26. The Hall–Kier alpha value is -3.58. The van der Waals surface area contributed by atoms with Gasteiger partial charge in [0.1, 0.15) is 22.8 Å². The monoisotopic (exact) mass is 560 g/mol. The molecule has 0 amide bonds. The minimum atomic E-state index is -0.564. The van der Waals surface area contributed by atoms with E-state index >= 15 is 0 Å². The van der Waals surface area contributed by atoms with Crippen molar-refractivity contribution in [3.05, 3.63) is 90.4 Å². The van der Waals surface area contributed by atoms with E-state index in [-0.39, 0.29) is 28.7 Å². The molecule has 0 aliphatic carbocycles. The van der Waals surface area contributed by atoms with Crippen LogP contribution < -0.4 is 10.9 Å². The normalized spacial score (nSPS) is 11.1. The second kappa shape index (κ2) is 10.2. The molecular weight excluding hydrogens is 547 g/mol. The molecule has 0 aliphatic heterocycles. The lowest BCUT2D eigenvalue weighted by atomic mass is 10.2. The van der Waals surface area contributed by atoms with Crippen molar-refractivity contribution in [2.75, 3.05) is 5.32 Å². The zero-order valence-electron chi connectivity index (χ0n) is 18.1. The Balaban J connectivity index is 1.56. The van der Waals surface area contributed by atoms with Gasteiger partial charge in [0.25, 0.3) is 5.56 Å². The van der Waals surface area contributed by atoms with Gasteiger partial charge in [-0.05, 0) is 35.8 Å². The van der Waals surface area contributed by atoms with E-state index in [1.54, 1.807) is 23.6 Å². The Bertz CT molecular complexity index is 1610. The molecule has 10 nitrogen and oxygen atoms in total. The fraction of sp³-hybridized carbons (Fsp3) is 0.0909. The molecule has 0 aliphatic rings. The predicted molar refractivity (Wildman–Crippen MR) is 136 cm³/mol. The van der Waals surface area contributed by atoms with Crippen molar-refractivity contribution in [2.45, 2.75) is 13.1 Å². The van der Waals surface area contributed by atoms with Crippen LogP contribution in [-0.4, -0.2) is 35.4 Å². The lowest BCUT2D eigenvalue weighted by Gasteiger charge is -2.10. The first-order chi connectivity index (χ1) is 17.4. The van der Waals surface area contributed by atoms with Gasteiger partial charge in [-0.15, -0.1) is 11.3 Å². The SMILES string of the molecule is O=C(Cn1c(-c2cc(NCc3ccc(Cl)s3)n(C(=O)c3cocn3)n2)ccc(Cl)c1=O)c1cnsc1. The van der Waals surface area contributed by atoms with Gasteiger partial charge in [0.05, 0.1) is 34.9 Å². The molecule has 0 unspecified atom stereocenters. The van der Waals surface area contributed by atoms with Gasteiger partial charge in [-0.2, -0.15) is 9.78 Å². The molecule has 0 bridgehead atoms. The smallest absolute Gasteiger partial charge is 0.301 e. The third-order valence-electron chi connectivity index (χ3n) is 5.07. The molecule has 0 spiro atoms. The van der Waals surface area contributed by atoms with E-state index < -0.39 is 11.5 Å². The zero-order valence-corrected chi connectivity index (χ0v) is 21.2. The number of carbonyl (C=O) groups excluding carboxylic acids is 2. The summed E-state index contributed by atoms with van der Waals surface area (Å²) >= 11 is 14.6. The standard InChI is InChI=1S/C22H14Cl2N6O4S2/c23-14-2-3-17(29(21(14)32)8-18(31)12-6-27-35-10-12)15-5-20(25-7-13-1-4-19(24)36-13)30(28-15)22(33)16-9-34-11-26-16/h1-6,9-11,25H,7-8H2. The van der Waals surface area contributed by atoms with E-state index in [2.05, 4.69) is 19.8 Å². The minimum Gasteiger partial charge on any atom is -0.451 e. The number of oxazole rings is 1. The number of hydrogen-bond acceptors (Lipinski definition) is 10. The maximum Gasteiger partial charge on any atom is 0.301 e. The molecule has 0 radical (unpaired) electrons. The van der Waals surface area contributed by atoms with Crippen molar-refractivity contribution < 1.29 is 14.0 Å². The Morgan fingerprint density at radius 1 is 1.17 bits per heavy atom. The molecule has 14 heteroatoms. The van der Waals surface area contributed by atoms with Crippen LogP contribution in [0.4, 0.5) is 5.82 Å². The largest absolute Gasteiger partial charge is 0.451 e. The lowest BCUT2D eigenvalue weighted by Crippen LogP contribution is -2.26. The highest BCUT2D eigenvalue weighted by Gasteiger charge is 2.22. The fourth-order valence-electron chi connectivity index (χ4n) is 3.35. The summed E-state index contributed by atoms with van der Waals surface area (Å²) in [6.07, 6.45) is 3.78. The van der Waals surface area contributed by atoms with E-state index in [1.807, 2.05) is 6.07 Å². The van der Waals surface area contributed by atoms with Crippen LogP contribution in [0.1, 0.15) is 25.7 Å². The maximum absolute atomic E-state index is 13.1. The Morgan fingerprint density at radius 3 is 2.72 bits per heavy atom. The van der Waals surface area contributed by atoms with Crippen LogP contribution in [0.3, 0.4) is 0 Å². The van der Waals surface area contributed by atoms with E-state index in [0.29, 0.717) is 28.0 Å². The van der Waals surface area contributed by atoms with Crippen molar-refractivity contribution in [3.8, 4) is 11.4 Å². The first-order valence-electron chi connectivity index (χ1n) is 10.2. The van der Waals surface area contributed by atoms with Crippen molar-refractivity contribution in [3.63, 3.8) is 0 Å². The molecule has 5 aromatic heterocycles. The summed E-state index contributed by atoms with van der Waals surface area (Å²) in [5.74, 6) is -0.532. The second-order valence-electron chi connectivity index (χ2n) is 7.36. The van der Waals surface area contributed by atoms with Crippen LogP contribution in [0.2, 0.25) is 9.36 Å². The number of nitrogens with one attached hydrogen (secondary N) is 1. The fourth-order valence-corrected chi connectivity index (χ4v) is 5.08. The highest BCUT2D eigenvalue weighted by molar-refractivity contribution is 7.16. The molecule has 0 saturated carbocycles. The Morgan fingerprint density at radius 2 is 2.03 bits per heavy atom. The molecule has 182 valence electrons. The number of carbonyl (C=O) groups is 2. The molecule has 0 fully saturated rings. The number of Topliss-reactive ketones (excluding diaryl/α,β-unsaturated/α-hetero) is 1. The molecule has 0 saturated heterocycles. The molecule has 5 aromatic rings. The summed E-state index contributed by atoms with van der Waals surface area (Å²) in [6, 6.07) is 8.23. The molecule has 0 aromatic carbocycles. The molecule has 0 atom stereocenters. The summed E-state index contributed by atoms with van der Waals surface area (Å²) in [5.41, 5.74) is 0.422. The van der Waals surface area contributed by atoms with Gasteiger partial charge < -0.3 is 9.73 Å². The van der Waals surface area contributed by atoms with E-state index in [1.165, 1.54) is 34.4 Å². The number of pyridine rings is 1. The number of halogens is 2. The van der Waals surface area contributed by atoms with Crippen LogP contribution in [0.25, 0.3) is 11.4 Å². The summed E-state index contributed by atoms with van der Waals surface area (Å²) < 4.78 is 11.9. The van der Waals surface area contributed by atoms with Gasteiger partial charge in [0.15, 0.2) is 17.9 Å². The maximum atomic E-state index is 13.1. The van der Waals surface area contributed by atoms with E-state index in [0.717, 1.165) is 27.5 Å². The van der Waals surface area contributed by atoms with Crippen LogP contribution in [0.15, 0.2) is 63.8 Å². The van der Waals surface area contributed by atoms with E-state index in [4.69, 9.17) is 27.6 Å². The summed E-state index contributed by atoms with van der Waals surface area (Å²) in [6.45, 7) is 0.0827. The quantitative estimate of drug-likeness (QED) is 0.270. The number of nitrogens with zero attached hydrogens (tertiary/aromatic N) is 5. The van der Waals surface area contributed by atoms with Gasteiger partial charge >= 0.3 is 5.91 Å². The average molecular weight is 561 g/mol. The van der Waals surface area contributed by atoms with E-state index in [9.17, 15) is 14.4 Å². The van der Waals surface area contributed by atoms with Crippen molar-refractivity contribution in [2.24, 2.45) is 0 Å². The van der Waals surface area contributed by atoms with Crippen LogP contribution in [0, 0.1) is 0 Å². The molecular formula is C22H14Cl2N6O4S2. The van der Waals surface area contributed by atoms with Crippen LogP contribution in [0.5, 0.6) is 0 Å². The van der Waals surface area contributed by atoms with Gasteiger partial charge in [0.2, 0.25) is 0 Å². The van der Waals surface area contributed by atoms with Crippen molar-refractivity contribution >= 4 is 63.6 Å². The summed E-state index contributed by atoms with van der Waals surface area (Å²) in [4.78, 5) is 43.6. The number of anilines is 1. The molecule has 36 heavy (non-hydrogen) atoms. The third kappa shape index (κ3) is 4.88. The van der Waals surface area contributed by atoms with Crippen LogP contribution >= 0.6 is 46.1 Å². The highest BCUT2D eigenvalue weighted by atomic mass is 35.5. The topological polar surface area (TPSA) is 125 Å². The predicted octanol–water partition coefficient (Wildman–Crippen LogP) is 4.71.